The lowest BCUT2D eigenvalue weighted by Gasteiger charge is -2.37. The molecular formula is C23H32BClN2O4. The summed E-state index contributed by atoms with van der Waals surface area (Å²) in [5, 5.41) is 20.2. The van der Waals surface area contributed by atoms with Gasteiger partial charge in [-0.3, -0.25) is 15.0 Å². The second-order valence-electron chi connectivity index (χ2n) is 8.13. The first-order valence-corrected chi connectivity index (χ1v) is 10.5. The zero-order chi connectivity index (χ0) is 23.9. The summed E-state index contributed by atoms with van der Waals surface area (Å²) in [6, 6.07) is 5.64. The average Bonchev–Trinajstić information content (AvgIpc) is 2.69. The number of carbonyl (C=O) groups excluding carboxylic acids is 2. The van der Waals surface area contributed by atoms with Crippen LogP contribution in [0, 0.1) is 13.8 Å². The summed E-state index contributed by atoms with van der Waals surface area (Å²) in [6.45, 7) is 15.0. The molecule has 0 aromatic heterocycles. The van der Waals surface area contributed by atoms with Gasteiger partial charge in [0.25, 0.3) is 5.91 Å². The number of hydrogen-bond acceptors (Lipinski definition) is 5. The minimum absolute atomic E-state index is 0.0282. The van der Waals surface area contributed by atoms with Crippen LogP contribution in [0.5, 0.6) is 0 Å². The van der Waals surface area contributed by atoms with E-state index in [1.807, 2.05) is 52.8 Å². The van der Waals surface area contributed by atoms with E-state index in [9.17, 15) is 19.6 Å². The minimum atomic E-state index is -1.72. The zero-order valence-electron chi connectivity index (χ0n) is 19.1. The molecule has 3 N–H and O–H groups in total. The highest BCUT2D eigenvalue weighted by atomic mass is 35.5. The molecule has 1 aromatic rings. The molecule has 8 heteroatoms. The van der Waals surface area contributed by atoms with Crippen LogP contribution in [0.2, 0.25) is 0 Å². The highest BCUT2D eigenvalue weighted by molar-refractivity contribution is 6.52. The first-order chi connectivity index (χ1) is 14.3. The van der Waals surface area contributed by atoms with E-state index in [2.05, 4.69) is 12.0 Å². The summed E-state index contributed by atoms with van der Waals surface area (Å²) < 4.78 is 0. The summed E-state index contributed by atoms with van der Waals surface area (Å²) in [7, 11) is -1.72. The average molecular weight is 447 g/mol. The molecule has 6 nitrogen and oxygen atoms in total. The summed E-state index contributed by atoms with van der Waals surface area (Å²) >= 11 is 6.16. The standard InChI is InChI=1S/C23H32BClN2O4/c1-8-19(24(30)31)13-20(25)17(5)22(29)26-27(23(6,7)9-2)14-21(28)18-11-15(3)10-16(4)12-18/h8,10-13,30-31H,5,9,14H2,1-4,6-7H3,(H,26,29)/b19-8+,20-13+. The third-order valence-corrected chi connectivity index (χ3v) is 5.50. The van der Waals surface area contributed by atoms with Crippen molar-refractivity contribution in [2.75, 3.05) is 6.54 Å². The fourth-order valence-electron chi connectivity index (χ4n) is 2.81. The van der Waals surface area contributed by atoms with Crippen molar-refractivity contribution in [3.05, 3.63) is 69.7 Å². The highest BCUT2D eigenvalue weighted by Crippen LogP contribution is 2.21. The van der Waals surface area contributed by atoms with Gasteiger partial charge in [0.1, 0.15) is 0 Å². The first-order valence-electron chi connectivity index (χ1n) is 10.1. The molecule has 0 bridgehead atoms. The molecule has 0 aliphatic rings. The molecule has 1 amide bonds. The highest BCUT2D eigenvalue weighted by Gasteiger charge is 2.30. The Bertz CT molecular complexity index is 887. The third kappa shape index (κ3) is 7.78. The van der Waals surface area contributed by atoms with Crippen molar-refractivity contribution >= 4 is 30.4 Å². The van der Waals surface area contributed by atoms with Gasteiger partial charge in [-0.05, 0) is 64.7 Å². The third-order valence-electron chi connectivity index (χ3n) is 5.17. The zero-order valence-corrected chi connectivity index (χ0v) is 19.9. The van der Waals surface area contributed by atoms with E-state index < -0.39 is 18.6 Å². The van der Waals surface area contributed by atoms with Gasteiger partial charge in [-0.1, -0.05) is 48.4 Å². The molecule has 0 saturated carbocycles. The van der Waals surface area contributed by atoms with Gasteiger partial charge >= 0.3 is 7.12 Å². The van der Waals surface area contributed by atoms with Gasteiger partial charge in [0.05, 0.1) is 17.2 Å². The fraction of sp³-hybridized carbons (Fsp3) is 0.391. The lowest BCUT2D eigenvalue weighted by atomic mass is 9.79. The molecule has 1 rings (SSSR count). The molecule has 0 unspecified atom stereocenters. The quantitative estimate of drug-likeness (QED) is 0.168. The van der Waals surface area contributed by atoms with Crippen molar-refractivity contribution in [1.29, 1.82) is 0 Å². The summed E-state index contributed by atoms with van der Waals surface area (Å²) in [6.07, 6.45) is 3.40. The molecule has 0 saturated heterocycles. The number of nitrogens with one attached hydrogen (secondary N) is 1. The van der Waals surface area contributed by atoms with Gasteiger partial charge in [0.15, 0.2) is 5.78 Å². The minimum Gasteiger partial charge on any atom is -0.423 e. The Balaban J connectivity index is 3.10. The number of benzene rings is 1. The molecule has 0 aliphatic carbocycles. The SMILES string of the molecule is C=C(C(=O)NN(CC(=O)c1cc(C)cc(C)c1)C(C)(C)CC)/C(Cl)=C\C(=C/C)B(O)O. The van der Waals surface area contributed by atoms with E-state index in [1.54, 1.807) is 11.9 Å². The van der Waals surface area contributed by atoms with Crippen LogP contribution in [0.25, 0.3) is 0 Å². The van der Waals surface area contributed by atoms with Crippen LogP contribution in [0.4, 0.5) is 0 Å². The molecule has 0 atom stereocenters. The van der Waals surface area contributed by atoms with Crippen molar-refractivity contribution in [3.8, 4) is 0 Å². The van der Waals surface area contributed by atoms with Crippen LogP contribution in [0.15, 0.2) is 53.0 Å². The molecule has 0 heterocycles. The number of nitrogens with zero attached hydrogens (tertiary/aromatic N) is 1. The van der Waals surface area contributed by atoms with E-state index in [0.717, 1.165) is 11.1 Å². The van der Waals surface area contributed by atoms with E-state index in [0.29, 0.717) is 12.0 Å². The van der Waals surface area contributed by atoms with Crippen molar-refractivity contribution in [1.82, 2.24) is 10.4 Å². The molecule has 1 aromatic carbocycles. The number of hydrazine groups is 1. The molecule has 0 spiro atoms. The Morgan fingerprint density at radius 2 is 1.77 bits per heavy atom. The maximum Gasteiger partial charge on any atom is 0.488 e. The van der Waals surface area contributed by atoms with Crippen molar-refractivity contribution in [2.45, 2.75) is 53.5 Å². The second kappa shape index (κ2) is 11.4. The Morgan fingerprint density at radius 3 is 2.23 bits per heavy atom. The van der Waals surface area contributed by atoms with Crippen molar-refractivity contribution in [3.63, 3.8) is 0 Å². The number of carbonyl (C=O) groups is 2. The number of Topliss-reactive ketones (excluding diaryl/α,β-unsaturated/α-hetero) is 1. The number of allylic oxidation sites excluding steroid dienone is 3. The Labute approximate surface area is 190 Å². The maximum atomic E-state index is 13.0. The number of ketones is 1. The van der Waals surface area contributed by atoms with Gasteiger partial charge in [0.2, 0.25) is 0 Å². The Hall–Kier alpha value is -2.19. The van der Waals surface area contributed by atoms with E-state index >= 15 is 0 Å². The molecule has 0 radical (unpaired) electrons. The topological polar surface area (TPSA) is 89.9 Å². The van der Waals surface area contributed by atoms with Gasteiger partial charge in [0, 0.05) is 11.1 Å². The number of amides is 1. The van der Waals surface area contributed by atoms with Gasteiger partial charge in [-0.2, -0.15) is 0 Å². The van der Waals surface area contributed by atoms with Crippen LogP contribution in [0.3, 0.4) is 0 Å². The number of rotatable bonds is 10. The van der Waals surface area contributed by atoms with Gasteiger partial charge in [-0.15, -0.1) is 0 Å². The lowest BCUT2D eigenvalue weighted by Crippen LogP contribution is -2.56. The molecule has 31 heavy (non-hydrogen) atoms. The van der Waals surface area contributed by atoms with Crippen molar-refractivity contribution < 1.29 is 19.6 Å². The van der Waals surface area contributed by atoms with E-state index in [4.69, 9.17) is 11.6 Å². The first kappa shape index (κ1) is 26.8. The number of hydrogen-bond donors (Lipinski definition) is 3. The smallest absolute Gasteiger partial charge is 0.423 e. The normalized spacial score (nSPS) is 12.7. The van der Waals surface area contributed by atoms with Crippen LogP contribution >= 0.6 is 11.6 Å². The Kier molecular flexibility index (Phi) is 9.91. The summed E-state index contributed by atoms with van der Waals surface area (Å²) in [5.74, 6) is -0.709. The molecule has 0 aliphatic heterocycles. The lowest BCUT2D eigenvalue weighted by molar-refractivity contribution is -0.124. The van der Waals surface area contributed by atoms with Crippen LogP contribution < -0.4 is 5.43 Å². The molecule has 168 valence electrons. The fourth-order valence-corrected chi connectivity index (χ4v) is 3.02. The van der Waals surface area contributed by atoms with Crippen LogP contribution in [-0.2, 0) is 4.79 Å². The predicted octanol–water partition coefficient (Wildman–Crippen LogP) is 3.65. The van der Waals surface area contributed by atoms with E-state index in [-0.39, 0.29) is 28.4 Å². The Morgan fingerprint density at radius 1 is 1.23 bits per heavy atom. The van der Waals surface area contributed by atoms with Crippen molar-refractivity contribution in [2.24, 2.45) is 0 Å². The van der Waals surface area contributed by atoms with E-state index in [1.165, 1.54) is 12.2 Å². The molecular weight excluding hydrogens is 415 g/mol. The number of aryl methyl sites for hydroxylation is 2. The van der Waals surface area contributed by atoms with Crippen LogP contribution in [-0.4, -0.2) is 45.9 Å². The largest absolute Gasteiger partial charge is 0.488 e. The number of halogens is 1. The van der Waals surface area contributed by atoms with Gasteiger partial charge < -0.3 is 10.0 Å². The van der Waals surface area contributed by atoms with Crippen LogP contribution in [0.1, 0.15) is 55.6 Å². The maximum absolute atomic E-state index is 13.0. The monoisotopic (exact) mass is 446 g/mol. The predicted molar refractivity (Wildman–Crippen MR) is 126 cm³/mol. The second-order valence-corrected chi connectivity index (χ2v) is 8.53. The summed E-state index contributed by atoms with van der Waals surface area (Å²) in [5.41, 5.74) is 4.86. The van der Waals surface area contributed by atoms with Gasteiger partial charge in [-0.25, -0.2) is 5.01 Å². The summed E-state index contributed by atoms with van der Waals surface area (Å²) in [4.78, 5) is 25.7. The molecule has 0 fully saturated rings.